The van der Waals surface area contributed by atoms with Crippen molar-refractivity contribution in [1.82, 2.24) is 4.57 Å². The van der Waals surface area contributed by atoms with Crippen molar-refractivity contribution in [2.24, 2.45) is 0 Å². The molecule has 11 heteroatoms. The average Bonchev–Trinajstić information content (AvgIpc) is 2.74. The molecule has 0 spiro atoms. The van der Waals surface area contributed by atoms with E-state index in [1.54, 1.807) is 6.92 Å². The van der Waals surface area contributed by atoms with E-state index >= 15 is 0 Å². The fourth-order valence-corrected chi connectivity index (χ4v) is 3.64. The second-order valence-electron chi connectivity index (χ2n) is 6.51. The summed E-state index contributed by atoms with van der Waals surface area (Å²) in [4.78, 5) is 25.5. The van der Waals surface area contributed by atoms with Crippen LogP contribution in [0.3, 0.4) is 0 Å². The number of anilines is 3. The van der Waals surface area contributed by atoms with Crippen LogP contribution >= 0.6 is 11.6 Å². The number of nitrogens with one attached hydrogen (secondary N) is 1. The molecule has 0 aliphatic rings. The fraction of sp³-hybridized carbons (Fsp3) is 0.200. The lowest BCUT2D eigenvalue weighted by Crippen LogP contribution is -2.23. The summed E-state index contributed by atoms with van der Waals surface area (Å²) in [7, 11) is 1.40. The summed E-state index contributed by atoms with van der Waals surface area (Å²) in [6.07, 6.45) is 1.11. The fourth-order valence-electron chi connectivity index (χ4n) is 3.27. The predicted octanol–water partition coefficient (Wildman–Crippen LogP) is 2.80. The Morgan fingerprint density at radius 3 is 2.58 bits per heavy atom. The third-order valence-corrected chi connectivity index (χ3v) is 5.10. The number of nitrogen functional groups attached to an aromatic ring is 2. The van der Waals surface area contributed by atoms with E-state index < -0.39 is 40.9 Å². The van der Waals surface area contributed by atoms with Crippen LogP contribution < -0.4 is 22.2 Å². The maximum atomic E-state index is 14.8. The van der Waals surface area contributed by atoms with Crippen molar-refractivity contribution >= 4 is 45.5 Å². The Hall–Kier alpha value is -3.37. The van der Waals surface area contributed by atoms with E-state index in [1.807, 2.05) is 0 Å². The largest absolute Gasteiger partial charge is 0.462 e. The third-order valence-electron chi connectivity index (χ3n) is 4.73. The molecule has 2 aromatic carbocycles. The van der Waals surface area contributed by atoms with E-state index in [2.05, 4.69) is 5.32 Å². The molecular formula is C20H19ClF2N4O4. The summed E-state index contributed by atoms with van der Waals surface area (Å²) >= 11 is 6.40. The second-order valence-corrected chi connectivity index (χ2v) is 6.89. The summed E-state index contributed by atoms with van der Waals surface area (Å²) < 4.78 is 34.9. The van der Waals surface area contributed by atoms with E-state index in [0.29, 0.717) is 0 Å². The Morgan fingerprint density at radius 1 is 1.32 bits per heavy atom. The van der Waals surface area contributed by atoms with Gasteiger partial charge in [0.2, 0.25) is 5.43 Å². The number of carbonyl (C=O) groups excluding carboxylic acids is 1. The van der Waals surface area contributed by atoms with Gasteiger partial charge in [0, 0.05) is 18.8 Å². The molecule has 0 bridgehead atoms. The highest BCUT2D eigenvalue weighted by Gasteiger charge is 2.26. The Balaban J connectivity index is 2.61. The highest BCUT2D eigenvalue weighted by molar-refractivity contribution is 6.38. The topological polar surface area (TPSA) is 133 Å². The first kappa shape index (κ1) is 22.3. The molecule has 8 nitrogen and oxygen atoms in total. The SMILES string of the molecule is CCOC(=O)c1cn(-c2cc(N)c(F)cc2CO)c2c(Cl)c(NC)c(F)c(N)c2c1=O. The van der Waals surface area contributed by atoms with Crippen LogP contribution in [-0.2, 0) is 11.3 Å². The number of carbonyl (C=O) groups is 1. The number of halogens is 3. The van der Waals surface area contributed by atoms with Crippen LogP contribution in [0.2, 0.25) is 5.02 Å². The molecule has 31 heavy (non-hydrogen) atoms. The standard InChI is InChI=1S/C20H19ClF2N4O4/c1-3-31-20(30)9-6-27(12-5-11(24)10(22)4-8(12)7-28)18-13(19(9)29)16(25)15(23)17(26-2)14(18)21/h4-6,26,28H,3,7,24-25H2,1-2H3. The van der Waals surface area contributed by atoms with Gasteiger partial charge in [-0.25, -0.2) is 13.6 Å². The first-order valence-electron chi connectivity index (χ1n) is 9.07. The molecule has 0 unspecified atom stereocenters. The zero-order valence-electron chi connectivity index (χ0n) is 16.6. The number of aliphatic hydroxyl groups is 1. The van der Waals surface area contributed by atoms with Gasteiger partial charge in [0.05, 0.1) is 51.9 Å². The predicted molar refractivity (Wildman–Crippen MR) is 115 cm³/mol. The molecule has 0 aliphatic carbocycles. The van der Waals surface area contributed by atoms with Gasteiger partial charge in [0.25, 0.3) is 0 Å². The van der Waals surface area contributed by atoms with Crippen molar-refractivity contribution in [1.29, 1.82) is 0 Å². The lowest BCUT2D eigenvalue weighted by atomic mass is 10.1. The lowest BCUT2D eigenvalue weighted by Gasteiger charge is -2.20. The first-order chi connectivity index (χ1) is 14.7. The number of benzene rings is 2. The summed E-state index contributed by atoms with van der Waals surface area (Å²) in [5, 5.41) is 11.7. The van der Waals surface area contributed by atoms with E-state index in [-0.39, 0.29) is 45.2 Å². The van der Waals surface area contributed by atoms with Crippen LogP contribution in [0.5, 0.6) is 0 Å². The minimum absolute atomic E-state index is 0.0228. The number of hydrogen-bond donors (Lipinski definition) is 4. The molecule has 0 amide bonds. The van der Waals surface area contributed by atoms with Crippen molar-refractivity contribution in [3.63, 3.8) is 0 Å². The molecule has 0 saturated heterocycles. The smallest absolute Gasteiger partial charge is 0.343 e. The van der Waals surface area contributed by atoms with Gasteiger partial charge >= 0.3 is 5.97 Å². The quantitative estimate of drug-likeness (QED) is 0.345. The van der Waals surface area contributed by atoms with Crippen molar-refractivity contribution in [3.05, 3.63) is 56.3 Å². The number of nitrogens with zero attached hydrogens (tertiary/aromatic N) is 1. The zero-order chi connectivity index (χ0) is 23.0. The number of esters is 1. The van der Waals surface area contributed by atoms with E-state index in [4.69, 9.17) is 27.8 Å². The van der Waals surface area contributed by atoms with Crippen LogP contribution in [0, 0.1) is 11.6 Å². The third kappa shape index (κ3) is 3.53. The van der Waals surface area contributed by atoms with Crippen molar-refractivity contribution in [2.75, 3.05) is 30.4 Å². The molecule has 1 aromatic heterocycles. The molecule has 6 N–H and O–H groups in total. The summed E-state index contributed by atoms with van der Waals surface area (Å²) in [5.41, 5.74) is 9.35. The summed E-state index contributed by atoms with van der Waals surface area (Å²) in [6.45, 7) is 0.916. The molecule has 3 rings (SSSR count). The lowest BCUT2D eigenvalue weighted by molar-refractivity contribution is 0.0524. The minimum atomic E-state index is -0.981. The number of aromatic nitrogens is 1. The van der Waals surface area contributed by atoms with E-state index in [9.17, 15) is 23.5 Å². The first-order valence-corrected chi connectivity index (χ1v) is 9.45. The maximum Gasteiger partial charge on any atom is 0.343 e. The van der Waals surface area contributed by atoms with E-state index in [1.165, 1.54) is 17.7 Å². The van der Waals surface area contributed by atoms with Gasteiger partial charge in [0.15, 0.2) is 5.82 Å². The number of rotatable bonds is 5. The average molecular weight is 453 g/mol. The number of nitrogens with two attached hydrogens (primary N) is 2. The molecule has 0 fully saturated rings. The molecule has 3 aromatic rings. The van der Waals surface area contributed by atoms with Crippen molar-refractivity contribution < 1.29 is 23.4 Å². The highest BCUT2D eigenvalue weighted by Crippen LogP contribution is 2.39. The normalized spacial score (nSPS) is 11.0. The second kappa shape index (κ2) is 8.40. The Morgan fingerprint density at radius 2 is 2.00 bits per heavy atom. The maximum absolute atomic E-state index is 14.8. The Labute approximate surface area is 180 Å². The van der Waals surface area contributed by atoms with E-state index in [0.717, 1.165) is 12.3 Å². The van der Waals surface area contributed by atoms with Gasteiger partial charge in [-0.2, -0.15) is 0 Å². The van der Waals surface area contributed by atoms with Gasteiger partial charge < -0.3 is 31.2 Å². The molecular weight excluding hydrogens is 434 g/mol. The number of hydrogen-bond acceptors (Lipinski definition) is 7. The van der Waals surface area contributed by atoms with Crippen LogP contribution in [0.4, 0.5) is 25.8 Å². The zero-order valence-corrected chi connectivity index (χ0v) is 17.3. The molecule has 164 valence electrons. The van der Waals surface area contributed by atoms with Gasteiger partial charge in [-0.1, -0.05) is 11.6 Å². The highest BCUT2D eigenvalue weighted by atomic mass is 35.5. The number of ether oxygens (including phenoxy) is 1. The number of pyridine rings is 1. The van der Waals surface area contributed by atoms with Gasteiger partial charge in [-0.05, 0) is 19.1 Å². The van der Waals surface area contributed by atoms with Crippen LogP contribution in [0.1, 0.15) is 22.8 Å². The monoisotopic (exact) mass is 452 g/mol. The number of fused-ring (bicyclic) bond motifs is 1. The Bertz CT molecular complexity index is 1280. The van der Waals surface area contributed by atoms with Gasteiger partial charge in [-0.3, -0.25) is 4.79 Å². The van der Waals surface area contributed by atoms with Gasteiger partial charge in [-0.15, -0.1) is 0 Å². The van der Waals surface area contributed by atoms with Crippen molar-refractivity contribution in [3.8, 4) is 5.69 Å². The molecule has 0 saturated carbocycles. The Kier molecular flexibility index (Phi) is 6.05. The van der Waals surface area contributed by atoms with Crippen LogP contribution in [0.15, 0.2) is 23.1 Å². The molecule has 0 aliphatic heterocycles. The number of aliphatic hydroxyl groups excluding tert-OH is 1. The summed E-state index contributed by atoms with van der Waals surface area (Å²) in [6, 6.07) is 2.19. The van der Waals surface area contributed by atoms with Gasteiger partial charge in [0.1, 0.15) is 11.4 Å². The molecule has 0 radical (unpaired) electrons. The minimum Gasteiger partial charge on any atom is -0.462 e. The van der Waals surface area contributed by atoms with Crippen LogP contribution in [-0.4, -0.2) is 29.3 Å². The molecule has 1 heterocycles. The van der Waals surface area contributed by atoms with Crippen molar-refractivity contribution in [2.45, 2.75) is 13.5 Å². The van der Waals surface area contributed by atoms with Crippen LogP contribution in [0.25, 0.3) is 16.6 Å². The molecule has 0 atom stereocenters. The summed E-state index contributed by atoms with van der Waals surface area (Å²) in [5.74, 6) is -2.74.